The van der Waals surface area contributed by atoms with Gasteiger partial charge in [0.05, 0.1) is 28.8 Å². The van der Waals surface area contributed by atoms with Crippen LogP contribution in [-0.4, -0.2) is 64.6 Å². The Kier molecular flexibility index (Phi) is 8.20. The van der Waals surface area contributed by atoms with Gasteiger partial charge in [0.25, 0.3) is 0 Å². The SMILES string of the molecule is C[C@H](Oc1cc(-c2nn(C)c3c(-c4cnn(C5CCOCC5)c4)cnc(N)c23)ccc1NS(=O)(=O)N(C)C)c1ccc(F)cc1. The standard InChI is InChI=1S/C31H35FN8O4S/c1-19(20-5-8-23(32)9-6-20)44-27-15-21(7-10-26(27)37-45(41,42)38(2)3)29-28-30(39(4)36-29)25(17-34-31(28)33)22-16-35-40(18-22)24-11-13-43-14-12-24/h5-10,15-19,24,37H,11-14H2,1-4H3,(H2,33,34)/t19-/m0/s1. The van der Waals surface area contributed by atoms with Gasteiger partial charge in [-0.2, -0.15) is 22.9 Å². The van der Waals surface area contributed by atoms with E-state index in [0.717, 1.165) is 33.8 Å². The van der Waals surface area contributed by atoms with Gasteiger partial charge in [-0.1, -0.05) is 18.2 Å². The summed E-state index contributed by atoms with van der Waals surface area (Å²) in [7, 11) is 0.850. The van der Waals surface area contributed by atoms with Crippen LogP contribution in [0.3, 0.4) is 0 Å². The highest BCUT2D eigenvalue weighted by Gasteiger charge is 2.24. The van der Waals surface area contributed by atoms with Gasteiger partial charge in [-0.05, 0) is 49.6 Å². The first-order valence-corrected chi connectivity index (χ1v) is 16.0. The average molecular weight is 635 g/mol. The van der Waals surface area contributed by atoms with E-state index in [2.05, 4.69) is 14.8 Å². The third-order valence-electron chi connectivity index (χ3n) is 7.99. The number of aromatic nitrogens is 5. The van der Waals surface area contributed by atoms with Crippen molar-refractivity contribution in [3.63, 3.8) is 0 Å². The molecule has 0 saturated carbocycles. The molecule has 1 aliphatic heterocycles. The van der Waals surface area contributed by atoms with Crippen LogP contribution in [0.5, 0.6) is 5.75 Å². The van der Waals surface area contributed by atoms with Crippen molar-refractivity contribution in [3.8, 4) is 28.1 Å². The number of ether oxygens (including phenoxy) is 2. The maximum atomic E-state index is 13.6. The van der Waals surface area contributed by atoms with Crippen LogP contribution in [0.25, 0.3) is 33.3 Å². The van der Waals surface area contributed by atoms with Crippen molar-refractivity contribution in [2.75, 3.05) is 37.8 Å². The second-order valence-electron chi connectivity index (χ2n) is 11.2. The van der Waals surface area contributed by atoms with E-state index < -0.39 is 16.3 Å². The number of nitrogen functional groups attached to an aromatic ring is 1. The molecule has 1 fully saturated rings. The molecule has 45 heavy (non-hydrogen) atoms. The molecule has 14 heteroatoms. The van der Waals surface area contributed by atoms with Crippen LogP contribution in [0.1, 0.15) is 37.5 Å². The maximum Gasteiger partial charge on any atom is 0.301 e. The molecule has 5 aromatic rings. The smallest absolute Gasteiger partial charge is 0.301 e. The van der Waals surface area contributed by atoms with Crippen molar-refractivity contribution in [3.05, 3.63) is 72.4 Å². The van der Waals surface area contributed by atoms with E-state index in [9.17, 15) is 12.8 Å². The van der Waals surface area contributed by atoms with Crippen LogP contribution in [-0.2, 0) is 22.0 Å². The van der Waals surface area contributed by atoms with Gasteiger partial charge in [0.1, 0.15) is 29.2 Å². The number of benzene rings is 2. The minimum absolute atomic E-state index is 0.231. The van der Waals surface area contributed by atoms with Crippen LogP contribution in [0.2, 0.25) is 0 Å². The number of halogens is 1. The molecule has 3 aromatic heterocycles. The number of rotatable bonds is 9. The molecule has 1 saturated heterocycles. The lowest BCUT2D eigenvalue weighted by molar-refractivity contribution is 0.0662. The van der Waals surface area contributed by atoms with E-state index in [-0.39, 0.29) is 23.3 Å². The largest absolute Gasteiger partial charge is 0.484 e. The van der Waals surface area contributed by atoms with Gasteiger partial charge in [-0.3, -0.25) is 14.1 Å². The van der Waals surface area contributed by atoms with Crippen molar-refractivity contribution in [2.24, 2.45) is 7.05 Å². The lowest BCUT2D eigenvalue weighted by atomic mass is 10.0. The first kappa shape index (κ1) is 30.5. The van der Waals surface area contributed by atoms with Crippen LogP contribution in [0.15, 0.2) is 61.1 Å². The number of nitrogens with one attached hydrogen (secondary N) is 1. The monoisotopic (exact) mass is 634 g/mol. The second kappa shape index (κ2) is 12.1. The Morgan fingerprint density at radius 3 is 2.56 bits per heavy atom. The zero-order valence-corrected chi connectivity index (χ0v) is 26.3. The third-order valence-corrected chi connectivity index (χ3v) is 9.43. The molecule has 1 atom stereocenters. The summed E-state index contributed by atoms with van der Waals surface area (Å²) < 4.78 is 58.3. The quantitative estimate of drug-likeness (QED) is 0.233. The molecule has 0 spiro atoms. The van der Waals surface area contributed by atoms with Gasteiger partial charge in [-0.25, -0.2) is 9.37 Å². The van der Waals surface area contributed by atoms with Crippen molar-refractivity contribution in [2.45, 2.75) is 31.9 Å². The minimum Gasteiger partial charge on any atom is -0.484 e. The molecule has 1 aliphatic rings. The molecule has 4 heterocycles. The first-order valence-electron chi connectivity index (χ1n) is 14.5. The van der Waals surface area contributed by atoms with Gasteiger partial charge in [0, 0.05) is 63.4 Å². The van der Waals surface area contributed by atoms with Gasteiger partial charge in [0.15, 0.2) is 0 Å². The molecule has 0 radical (unpaired) electrons. The summed E-state index contributed by atoms with van der Waals surface area (Å²) in [4.78, 5) is 4.52. The summed E-state index contributed by atoms with van der Waals surface area (Å²) >= 11 is 0. The molecular weight excluding hydrogens is 599 g/mol. The zero-order valence-electron chi connectivity index (χ0n) is 25.4. The Morgan fingerprint density at radius 2 is 1.84 bits per heavy atom. The Bertz CT molecular complexity index is 1950. The van der Waals surface area contributed by atoms with E-state index in [1.54, 1.807) is 48.1 Å². The molecule has 0 amide bonds. The summed E-state index contributed by atoms with van der Waals surface area (Å²) in [5.74, 6) is 0.193. The summed E-state index contributed by atoms with van der Waals surface area (Å²) in [6.45, 7) is 3.22. The summed E-state index contributed by atoms with van der Waals surface area (Å²) in [5.41, 5.74) is 11.1. The zero-order chi connectivity index (χ0) is 31.9. The molecule has 2 aromatic carbocycles. The molecule has 0 unspecified atom stereocenters. The van der Waals surface area contributed by atoms with Gasteiger partial charge in [-0.15, -0.1) is 0 Å². The van der Waals surface area contributed by atoms with Gasteiger partial charge < -0.3 is 15.2 Å². The van der Waals surface area contributed by atoms with E-state index in [1.807, 2.05) is 24.1 Å². The van der Waals surface area contributed by atoms with Gasteiger partial charge >= 0.3 is 10.2 Å². The highest BCUT2D eigenvalue weighted by atomic mass is 32.2. The summed E-state index contributed by atoms with van der Waals surface area (Å²) in [6, 6.07) is 11.3. The number of nitrogens with two attached hydrogens (primary N) is 1. The highest BCUT2D eigenvalue weighted by molar-refractivity contribution is 7.90. The van der Waals surface area contributed by atoms with E-state index in [1.165, 1.54) is 26.2 Å². The number of pyridine rings is 1. The fourth-order valence-corrected chi connectivity index (χ4v) is 6.08. The number of aryl methyl sites for hydroxylation is 1. The first-order chi connectivity index (χ1) is 21.5. The number of nitrogens with zero attached hydrogens (tertiary/aromatic N) is 6. The average Bonchev–Trinajstić information content (AvgIpc) is 3.65. The van der Waals surface area contributed by atoms with Crippen LogP contribution in [0.4, 0.5) is 15.9 Å². The minimum atomic E-state index is -3.85. The molecule has 236 valence electrons. The van der Waals surface area contributed by atoms with E-state index in [4.69, 9.17) is 20.3 Å². The van der Waals surface area contributed by atoms with E-state index >= 15 is 0 Å². The number of anilines is 2. The second-order valence-corrected chi connectivity index (χ2v) is 13.1. The van der Waals surface area contributed by atoms with Crippen molar-refractivity contribution < 1.29 is 22.3 Å². The van der Waals surface area contributed by atoms with Crippen LogP contribution in [0, 0.1) is 5.82 Å². The topological polar surface area (TPSA) is 142 Å². The normalized spacial score (nSPS) is 15.1. The number of hydrogen-bond donors (Lipinski definition) is 2. The number of fused-ring (bicyclic) bond motifs is 1. The fraction of sp³-hybridized carbons (Fsp3) is 0.323. The fourth-order valence-electron chi connectivity index (χ4n) is 5.45. The van der Waals surface area contributed by atoms with Gasteiger partial charge in [0.2, 0.25) is 0 Å². The lowest BCUT2D eigenvalue weighted by Crippen LogP contribution is -2.29. The van der Waals surface area contributed by atoms with Crippen molar-refractivity contribution >= 4 is 32.6 Å². The maximum absolute atomic E-state index is 13.6. The molecule has 0 aliphatic carbocycles. The van der Waals surface area contributed by atoms with Crippen LogP contribution < -0.4 is 15.2 Å². The van der Waals surface area contributed by atoms with Crippen molar-refractivity contribution in [1.29, 1.82) is 0 Å². The Labute approximate surface area is 260 Å². The Balaban J connectivity index is 1.43. The van der Waals surface area contributed by atoms with Crippen LogP contribution >= 0.6 is 0 Å². The predicted molar refractivity (Wildman–Crippen MR) is 170 cm³/mol. The Hall–Kier alpha value is -4.53. The Morgan fingerprint density at radius 1 is 1.11 bits per heavy atom. The summed E-state index contributed by atoms with van der Waals surface area (Å²) in [6.07, 6.45) is 6.84. The highest BCUT2D eigenvalue weighted by Crippen LogP contribution is 2.40. The molecule has 3 N–H and O–H groups in total. The molecule has 6 rings (SSSR count). The summed E-state index contributed by atoms with van der Waals surface area (Å²) in [5, 5.41) is 10.1. The number of hydrogen-bond acceptors (Lipinski definition) is 8. The lowest BCUT2D eigenvalue weighted by Gasteiger charge is -2.22. The van der Waals surface area contributed by atoms with E-state index in [0.29, 0.717) is 41.2 Å². The van der Waals surface area contributed by atoms with Crippen molar-refractivity contribution in [1.82, 2.24) is 28.9 Å². The molecule has 0 bridgehead atoms. The molecular formula is C31H35FN8O4S. The molecule has 12 nitrogen and oxygen atoms in total. The predicted octanol–water partition coefficient (Wildman–Crippen LogP) is 4.93. The third kappa shape index (κ3) is 6.08.